The van der Waals surface area contributed by atoms with Gasteiger partial charge in [0.1, 0.15) is 18.1 Å². The normalized spacial score (nSPS) is 12.8. The molecule has 0 bridgehead atoms. The second kappa shape index (κ2) is 24.3. The number of esters is 1. The van der Waals surface area contributed by atoms with Gasteiger partial charge in [-0.05, 0) is 106 Å². The van der Waals surface area contributed by atoms with Crippen molar-refractivity contribution in [2.45, 2.75) is 90.4 Å². The third kappa shape index (κ3) is 16.8. The summed E-state index contributed by atoms with van der Waals surface area (Å²) in [5.74, 6) is 8.43. The average Bonchev–Trinajstić information content (AvgIpc) is 3.14. The minimum Gasteiger partial charge on any atom is -0.497 e. The average molecular weight is 696 g/mol. The molecule has 0 aromatic heterocycles. The summed E-state index contributed by atoms with van der Waals surface area (Å²) in [7, 11) is 5.59. The van der Waals surface area contributed by atoms with E-state index in [-0.39, 0.29) is 18.3 Å². The molecule has 276 valence electrons. The summed E-state index contributed by atoms with van der Waals surface area (Å²) in [5, 5.41) is 0. The van der Waals surface area contributed by atoms with Crippen molar-refractivity contribution in [2.24, 2.45) is 11.8 Å². The number of likely N-dealkylation sites (N-methyl/N-ethyl adjacent to an activating group) is 1. The number of Topliss-reactive ketones (excluding diaryl/α,β-unsaturated/α-hetero) is 1. The molecule has 51 heavy (non-hydrogen) atoms. The van der Waals surface area contributed by atoms with E-state index in [1.54, 1.807) is 7.11 Å². The summed E-state index contributed by atoms with van der Waals surface area (Å²) >= 11 is 0. The van der Waals surface area contributed by atoms with E-state index in [4.69, 9.17) is 14.2 Å². The lowest BCUT2D eigenvalue weighted by molar-refractivity contribution is -0.145. The molecule has 0 fully saturated rings. The lowest BCUT2D eigenvalue weighted by Crippen LogP contribution is -2.20. The number of rotatable bonds is 24. The van der Waals surface area contributed by atoms with Gasteiger partial charge in [0, 0.05) is 36.6 Å². The molecule has 3 atom stereocenters. The van der Waals surface area contributed by atoms with Gasteiger partial charge in [0.05, 0.1) is 20.1 Å². The summed E-state index contributed by atoms with van der Waals surface area (Å²) in [5.41, 5.74) is 4.51. The Kier molecular flexibility index (Phi) is 19.8. The van der Waals surface area contributed by atoms with Crippen LogP contribution >= 0.6 is 0 Å². The monoisotopic (exact) mass is 695 g/mol. The summed E-state index contributed by atoms with van der Waals surface area (Å²) in [6, 6.07) is 26.8. The predicted octanol–water partition coefficient (Wildman–Crippen LogP) is 9.29. The Balaban J connectivity index is 1.57. The van der Waals surface area contributed by atoms with Gasteiger partial charge in [-0.1, -0.05) is 93.8 Å². The third-order valence-electron chi connectivity index (χ3n) is 9.60. The zero-order chi connectivity index (χ0) is 36.7. The minimum absolute atomic E-state index is 0.134. The molecule has 0 heterocycles. The van der Waals surface area contributed by atoms with E-state index in [0.717, 1.165) is 74.7 Å². The van der Waals surface area contributed by atoms with E-state index in [0.29, 0.717) is 50.4 Å². The lowest BCUT2D eigenvalue weighted by Gasteiger charge is -2.26. The van der Waals surface area contributed by atoms with Crippen LogP contribution in [0.25, 0.3) is 0 Å². The van der Waals surface area contributed by atoms with E-state index < -0.39 is 0 Å². The van der Waals surface area contributed by atoms with Crippen molar-refractivity contribution in [1.29, 1.82) is 0 Å². The Bertz CT molecular complexity index is 1460. The van der Waals surface area contributed by atoms with Crippen LogP contribution in [0, 0.1) is 23.7 Å². The lowest BCUT2D eigenvalue weighted by atomic mass is 9.80. The van der Waals surface area contributed by atoms with E-state index in [1.165, 1.54) is 11.1 Å². The predicted molar refractivity (Wildman–Crippen MR) is 208 cm³/mol. The summed E-state index contributed by atoms with van der Waals surface area (Å²) in [4.78, 5) is 27.5. The first-order valence-corrected chi connectivity index (χ1v) is 19.0. The molecule has 6 nitrogen and oxygen atoms in total. The van der Waals surface area contributed by atoms with Crippen molar-refractivity contribution in [3.63, 3.8) is 0 Å². The van der Waals surface area contributed by atoms with Crippen molar-refractivity contribution >= 4 is 11.8 Å². The van der Waals surface area contributed by atoms with Crippen LogP contribution in [0.15, 0.2) is 78.9 Å². The van der Waals surface area contributed by atoms with Gasteiger partial charge in [-0.2, -0.15) is 0 Å². The number of carbonyl (C=O) groups is 2. The van der Waals surface area contributed by atoms with E-state index in [2.05, 4.69) is 62.1 Å². The van der Waals surface area contributed by atoms with Gasteiger partial charge in [-0.3, -0.25) is 9.59 Å². The number of nitrogens with zero attached hydrogens (tertiary/aromatic N) is 1. The van der Waals surface area contributed by atoms with Crippen molar-refractivity contribution in [3.05, 3.63) is 101 Å². The standard InChI is InChI=1S/C45H61NO5/c1-6-7-17-41(44(47)19-12-16-38-24-28-42(49-5)29-25-38)18-11-13-36(2)43(30-33-50-34-31-45(48)51-35-32-46(3)4)40-26-22-39(23-27-40)21-20-37-14-9-8-10-15-37/h8-10,14-15,22-29,36,41,43H,6-7,11-13,16-19,30-35H2,1-5H3. The molecule has 0 saturated carbocycles. The maximum atomic E-state index is 13.4. The second-order valence-electron chi connectivity index (χ2n) is 13.9. The van der Waals surface area contributed by atoms with Crippen molar-refractivity contribution in [2.75, 3.05) is 47.6 Å². The van der Waals surface area contributed by atoms with Crippen LogP contribution in [-0.4, -0.2) is 64.2 Å². The number of ketones is 1. The maximum Gasteiger partial charge on any atom is 0.308 e. The maximum absolute atomic E-state index is 13.4. The second-order valence-corrected chi connectivity index (χ2v) is 13.9. The number of hydrogen-bond donors (Lipinski definition) is 0. The highest BCUT2D eigenvalue weighted by Crippen LogP contribution is 2.33. The molecule has 0 aliphatic rings. The van der Waals surface area contributed by atoms with Gasteiger partial charge in [-0.25, -0.2) is 0 Å². The fourth-order valence-corrected chi connectivity index (χ4v) is 6.41. The van der Waals surface area contributed by atoms with Gasteiger partial charge in [0.2, 0.25) is 0 Å². The van der Waals surface area contributed by atoms with Crippen molar-refractivity contribution in [3.8, 4) is 17.6 Å². The molecule has 0 spiro atoms. The third-order valence-corrected chi connectivity index (χ3v) is 9.60. The molecule has 3 aromatic rings. The number of benzene rings is 3. The topological polar surface area (TPSA) is 65.1 Å². The summed E-state index contributed by atoms with van der Waals surface area (Å²) in [6.07, 6.45) is 9.73. The Labute approximate surface area is 308 Å². The number of aryl methyl sites for hydroxylation is 1. The first-order valence-electron chi connectivity index (χ1n) is 19.0. The van der Waals surface area contributed by atoms with Gasteiger partial charge in [0.15, 0.2) is 0 Å². The molecule has 3 unspecified atom stereocenters. The molecule has 0 aliphatic carbocycles. The van der Waals surface area contributed by atoms with Gasteiger partial charge in [-0.15, -0.1) is 0 Å². The molecular weight excluding hydrogens is 634 g/mol. The Morgan fingerprint density at radius 2 is 1.43 bits per heavy atom. The van der Waals surface area contributed by atoms with E-state index in [1.807, 2.05) is 61.5 Å². The number of carbonyl (C=O) groups excluding carboxylic acids is 2. The van der Waals surface area contributed by atoms with E-state index >= 15 is 0 Å². The molecule has 0 N–H and O–H groups in total. The minimum atomic E-state index is -0.220. The number of hydrogen-bond acceptors (Lipinski definition) is 6. The highest BCUT2D eigenvalue weighted by Gasteiger charge is 2.22. The summed E-state index contributed by atoms with van der Waals surface area (Å²) < 4.78 is 16.5. The molecule has 3 rings (SSSR count). The first kappa shape index (κ1) is 41.5. The van der Waals surface area contributed by atoms with Crippen LogP contribution in [0.2, 0.25) is 0 Å². The smallest absolute Gasteiger partial charge is 0.308 e. The van der Waals surface area contributed by atoms with Gasteiger partial charge >= 0.3 is 5.97 Å². The quantitative estimate of drug-likeness (QED) is 0.0529. The van der Waals surface area contributed by atoms with Gasteiger partial charge in [0.25, 0.3) is 0 Å². The first-order chi connectivity index (χ1) is 24.8. The zero-order valence-corrected chi connectivity index (χ0v) is 31.8. The number of unbranched alkanes of at least 4 members (excludes halogenated alkanes) is 1. The molecule has 0 saturated heterocycles. The Hall–Kier alpha value is -3.92. The molecule has 6 heteroatoms. The van der Waals surface area contributed by atoms with Crippen LogP contribution in [0.3, 0.4) is 0 Å². The molecular formula is C45H61NO5. The van der Waals surface area contributed by atoms with E-state index in [9.17, 15) is 9.59 Å². The van der Waals surface area contributed by atoms with Crippen LogP contribution in [-0.2, 0) is 25.5 Å². The SMILES string of the molecule is CCCCC(CCCC(C)C(CCOCCC(=O)OCCN(C)C)c1ccc(C#Cc2ccccc2)cc1)C(=O)CCCc1ccc(OC)cc1. The van der Waals surface area contributed by atoms with Crippen molar-refractivity contribution < 1.29 is 23.8 Å². The number of methoxy groups -OCH3 is 1. The Morgan fingerprint density at radius 3 is 2.10 bits per heavy atom. The van der Waals surface area contributed by atoms with Gasteiger partial charge < -0.3 is 19.1 Å². The van der Waals surface area contributed by atoms with Crippen molar-refractivity contribution in [1.82, 2.24) is 4.90 Å². The summed E-state index contributed by atoms with van der Waals surface area (Å²) in [6.45, 7) is 6.56. The molecule has 0 aliphatic heterocycles. The highest BCUT2D eigenvalue weighted by molar-refractivity contribution is 5.80. The fourth-order valence-electron chi connectivity index (χ4n) is 6.41. The van der Waals surface area contributed by atoms with Crippen LogP contribution in [0.5, 0.6) is 5.75 Å². The van der Waals surface area contributed by atoms with Crippen LogP contribution in [0.1, 0.15) is 106 Å². The highest BCUT2D eigenvalue weighted by atomic mass is 16.5. The molecule has 0 amide bonds. The number of ether oxygens (including phenoxy) is 3. The van der Waals surface area contributed by atoms with Crippen LogP contribution < -0.4 is 4.74 Å². The fraction of sp³-hybridized carbons (Fsp3) is 0.511. The Morgan fingerprint density at radius 1 is 0.745 bits per heavy atom. The molecule has 3 aromatic carbocycles. The van der Waals surface area contributed by atoms with Crippen LogP contribution in [0.4, 0.5) is 0 Å². The largest absolute Gasteiger partial charge is 0.497 e. The zero-order valence-electron chi connectivity index (χ0n) is 31.8. The molecule has 0 radical (unpaired) electrons.